The molecule has 6 nitrogen and oxygen atoms in total. The molecule has 136 valence electrons. The van der Waals surface area contributed by atoms with Crippen molar-refractivity contribution in [3.05, 3.63) is 52.2 Å². The van der Waals surface area contributed by atoms with E-state index in [1.807, 2.05) is 6.92 Å². The van der Waals surface area contributed by atoms with Gasteiger partial charge in [0.2, 0.25) is 15.9 Å². The number of aryl methyl sites for hydroxylation is 1. The van der Waals surface area contributed by atoms with E-state index in [4.69, 9.17) is 11.6 Å². The molecule has 0 unspecified atom stereocenters. The van der Waals surface area contributed by atoms with E-state index in [2.05, 4.69) is 15.0 Å². The predicted octanol–water partition coefficient (Wildman–Crippen LogP) is 3.31. The first-order chi connectivity index (χ1) is 12.2. The number of aromatic nitrogens is 1. The van der Waals surface area contributed by atoms with Crippen molar-refractivity contribution in [2.24, 2.45) is 0 Å². The number of fused-ring (bicyclic) bond motifs is 1. The summed E-state index contributed by atoms with van der Waals surface area (Å²) in [6.07, 6.45) is 0. The Morgan fingerprint density at radius 1 is 1.27 bits per heavy atom. The molecule has 2 aromatic carbocycles. The first-order valence-corrected chi connectivity index (χ1v) is 10.0. The lowest BCUT2D eigenvalue weighted by Gasteiger charge is -2.08. The number of carbonyl (C=O) groups is 1. The molecule has 26 heavy (non-hydrogen) atoms. The molecular formula is C16H13ClFN3O3S2. The van der Waals surface area contributed by atoms with Gasteiger partial charge in [-0.15, -0.1) is 11.3 Å². The molecular weight excluding hydrogens is 401 g/mol. The van der Waals surface area contributed by atoms with E-state index in [1.165, 1.54) is 35.6 Å². The highest BCUT2D eigenvalue weighted by Gasteiger charge is 2.17. The molecule has 1 heterocycles. The quantitative estimate of drug-likeness (QED) is 0.671. The van der Waals surface area contributed by atoms with Crippen LogP contribution in [0.4, 0.5) is 10.1 Å². The molecule has 10 heteroatoms. The summed E-state index contributed by atoms with van der Waals surface area (Å²) < 4.78 is 40.8. The molecule has 0 aliphatic heterocycles. The van der Waals surface area contributed by atoms with E-state index in [0.717, 1.165) is 21.3 Å². The van der Waals surface area contributed by atoms with Gasteiger partial charge in [0, 0.05) is 5.69 Å². The number of sulfonamides is 1. The van der Waals surface area contributed by atoms with E-state index in [-0.39, 0.29) is 15.6 Å². The predicted molar refractivity (Wildman–Crippen MR) is 99.6 cm³/mol. The summed E-state index contributed by atoms with van der Waals surface area (Å²) in [5.41, 5.74) is 0.986. The van der Waals surface area contributed by atoms with Gasteiger partial charge in [0.1, 0.15) is 5.82 Å². The van der Waals surface area contributed by atoms with Gasteiger partial charge < -0.3 is 5.32 Å². The molecule has 2 N–H and O–H groups in total. The normalized spacial score (nSPS) is 11.7. The smallest absolute Gasteiger partial charge is 0.241 e. The lowest BCUT2D eigenvalue weighted by Crippen LogP contribution is -2.32. The van der Waals surface area contributed by atoms with Gasteiger partial charge in [-0.1, -0.05) is 11.6 Å². The van der Waals surface area contributed by atoms with Crippen LogP contribution >= 0.6 is 22.9 Å². The topological polar surface area (TPSA) is 88.2 Å². The van der Waals surface area contributed by atoms with Gasteiger partial charge in [-0.25, -0.2) is 22.5 Å². The Hall–Kier alpha value is -2.07. The Balaban J connectivity index is 1.68. The summed E-state index contributed by atoms with van der Waals surface area (Å²) in [6.45, 7) is 1.36. The summed E-state index contributed by atoms with van der Waals surface area (Å²) in [5.74, 6) is -1.22. The van der Waals surface area contributed by atoms with Crippen LogP contribution in [0.1, 0.15) is 5.01 Å². The van der Waals surface area contributed by atoms with Crippen LogP contribution in [0.25, 0.3) is 10.2 Å². The van der Waals surface area contributed by atoms with E-state index in [1.54, 1.807) is 6.07 Å². The van der Waals surface area contributed by atoms with E-state index in [9.17, 15) is 17.6 Å². The Morgan fingerprint density at radius 2 is 2.04 bits per heavy atom. The first-order valence-electron chi connectivity index (χ1n) is 7.36. The maximum atomic E-state index is 13.1. The van der Waals surface area contributed by atoms with Crippen molar-refractivity contribution < 1.29 is 17.6 Å². The standard InChI is InChI=1S/C16H13ClFN3O3S2/c1-9-20-14-5-3-11(7-15(14)25-9)26(23,24)19-8-16(22)21-10-2-4-13(18)12(17)6-10/h2-7,19H,8H2,1H3,(H,21,22). The third-order valence-corrected chi connectivity index (χ3v) is 6.03. The van der Waals surface area contributed by atoms with E-state index >= 15 is 0 Å². The Morgan fingerprint density at radius 3 is 2.77 bits per heavy atom. The Labute approximate surface area is 158 Å². The van der Waals surface area contributed by atoms with Crippen LogP contribution in [-0.4, -0.2) is 25.9 Å². The van der Waals surface area contributed by atoms with Crippen LogP contribution in [0.3, 0.4) is 0 Å². The number of benzene rings is 2. The fourth-order valence-corrected chi connectivity index (χ4v) is 4.34. The van der Waals surface area contributed by atoms with E-state index < -0.39 is 28.3 Å². The number of nitrogens with one attached hydrogen (secondary N) is 2. The van der Waals surface area contributed by atoms with Crippen molar-refractivity contribution in [2.45, 2.75) is 11.8 Å². The second kappa shape index (κ2) is 7.28. The van der Waals surface area contributed by atoms with Crippen molar-refractivity contribution in [1.82, 2.24) is 9.71 Å². The second-order valence-corrected chi connectivity index (χ2v) is 8.77. The number of thiazole rings is 1. The van der Waals surface area contributed by atoms with Gasteiger partial charge in [-0.2, -0.15) is 0 Å². The van der Waals surface area contributed by atoms with Crippen LogP contribution in [0.5, 0.6) is 0 Å². The van der Waals surface area contributed by atoms with E-state index in [0.29, 0.717) is 0 Å². The lowest BCUT2D eigenvalue weighted by atomic mass is 10.3. The molecule has 0 bridgehead atoms. The number of anilines is 1. The van der Waals surface area contributed by atoms with Crippen molar-refractivity contribution in [2.75, 3.05) is 11.9 Å². The van der Waals surface area contributed by atoms with Crippen molar-refractivity contribution in [1.29, 1.82) is 0 Å². The number of amides is 1. The van der Waals surface area contributed by atoms with Gasteiger partial charge in [0.25, 0.3) is 0 Å². The zero-order valence-electron chi connectivity index (χ0n) is 13.4. The van der Waals surface area contributed by atoms with Crippen molar-refractivity contribution >= 4 is 54.8 Å². The highest BCUT2D eigenvalue weighted by atomic mass is 35.5. The molecule has 0 aliphatic rings. The van der Waals surface area contributed by atoms with Gasteiger partial charge in [-0.3, -0.25) is 4.79 Å². The molecule has 1 aromatic heterocycles. The molecule has 0 aliphatic carbocycles. The summed E-state index contributed by atoms with van der Waals surface area (Å²) in [4.78, 5) is 16.2. The van der Waals surface area contributed by atoms with Crippen LogP contribution in [0.15, 0.2) is 41.3 Å². The SMILES string of the molecule is Cc1nc2ccc(S(=O)(=O)NCC(=O)Nc3ccc(F)c(Cl)c3)cc2s1. The fraction of sp³-hybridized carbons (Fsp3) is 0.125. The van der Waals surface area contributed by atoms with Crippen LogP contribution in [0.2, 0.25) is 5.02 Å². The summed E-state index contributed by atoms with van der Waals surface area (Å²) in [6, 6.07) is 8.24. The number of hydrogen-bond donors (Lipinski definition) is 2. The number of halogens is 2. The number of hydrogen-bond acceptors (Lipinski definition) is 5. The molecule has 3 aromatic rings. The minimum Gasteiger partial charge on any atom is -0.325 e. The molecule has 3 rings (SSSR count). The van der Waals surface area contributed by atoms with Gasteiger partial charge in [0.15, 0.2) is 0 Å². The van der Waals surface area contributed by atoms with Crippen molar-refractivity contribution in [3.63, 3.8) is 0 Å². The summed E-state index contributed by atoms with van der Waals surface area (Å²) in [5, 5.41) is 3.13. The molecule has 0 fully saturated rings. The average molecular weight is 414 g/mol. The first kappa shape index (κ1) is 18.7. The molecule has 1 amide bonds. The number of nitrogens with zero attached hydrogens (tertiary/aromatic N) is 1. The Kier molecular flexibility index (Phi) is 5.24. The minimum atomic E-state index is -3.86. The molecule has 0 saturated heterocycles. The summed E-state index contributed by atoms with van der Waals surface area (Å²) in [7, 11) is -3.86. The van der Waals surface area contributed by atoms with Crippen LogP contribution in [0, 0.1) is 12.7 Å². The number of rotatable bonds is 5. The zero-order valence-corrected chi connectivity index (χ0v) is 15.8. The number of carbonyl (C=O) groups excluding carboxylic acids is 1. The van der Waals surface area contributed by atoms with Gasteiger partial charge in [-0.05, 0) is 43.3 Å². The summed E-state index contributed by atoms with van der Waals surface area (Å²) >= 11 is 7.02. The zero-order chi connectivity index (χ0) is 18.9. The lowest BCUT2D eigenvalue weighted by molar-refractivity contribution is -0.115. The largest absolute Gasteiger partial charge is 0.325 e. The van der Waals surface area contributed by atoms with Crippen LogP contribution in [-0.2, 0) is 14.8 Å². The molecule has 0 radical (unpaired) electrons. The van der Waals surface area contributed by atoms with Gasteiger partial charge in [0.05, 0.1) is 31.7 Å². The second-order valence-electron chi connectivity index (χ2n) is 5.36. The highest BCUT2D eigenvalue weighted by Crippen LogP contribution is 2.24. The Bertz CT molecular complexity index is 1100. The van der Waals surface area contributed by atoms with Crippen molar-refractivity contribution in [3.8, 4) is 0 Å². The third kappa shape index (κ3) is 4.18. The minimum absolute atomic E-state index is 0.0475. The van der Waals surface area contributed by atoms with Crippen LogP contribution < -0.4 is 10.0 Å². The third-order valence-electron chi connectivity index (χ3n) is 3.40. The maximum absolute atomic E-state index is 13.1. The average Bonchev–Trinajstić information content (AvgIpc) is 2.95. The molecule has 0 saturated carbocycles. The highest BCUT2D eigenvalue weighted by molar-refractivity contribution is 7.89. The molecule has 0 atom stereocenters. The monoisotopic (exact) mass is 413 g/mol. The molecule has 0 spiro atoms. The maximum Gasteiger partial charge on any atom is 0.241 e. The van der Waals surface area contributed by atoms with Gasteiger partial charge >= 0.3 is 0 Å². The fourth-order valence-electron chi connectivity index (χ4n) is 2.21.